The first-order chi connectivity index (χ1) is 3.98. The first-order valence-corrected chi connectivity index (χ1v) is 4.18. The van der Waals surface area contributed by atoms with Crippen molar-refractivity contribution in [3.05, 3.63) is 0 Å². The van der Waals surface area contributed by atoms with Gasteiger partial charge in [0.05, 0.1) is 0 Å². The van der Waals surface area contributed by atoms with Gasteiger partial charge in [0.25, 0.3) is 10.1 Å². The molecule has 0 aromatic carbocycles. The summed E-state index contributed by atoms with van der Waals surface area (Å²) in [5.74, 6) is 0. The molecule has 0 aromatic rings. The van der Waals surface area contributed by atoms with E-state index in [-0.39, 0.29) is 0 Å². The van der Waals surface area contributed by atoms with Gasteiger partial charge in [0.2, 0.25) is 0 Å². The summed E-state index contributed by atoms with van der Waals surface area (Å²) < 4.78 is 28.8. The lowest BCUT2D eigenvalue weighted by atomic mass is 10.7. The van der Waals surface area contributed by atoms with Crippen molar-refractivity contribution in [2.45, 2.75) is 19.2 Å². The SMILES string of the molecule is CCNC(C)S(=O)(=O)O. The Hall–Kier alpha value is -0.130. The summed E-state index contributed by atoms with van der Waals surface area (Å²) in [6, 6.07) is 0. The molecule has 0 saturated heterocycles. The molecule has 0 aliphatic rings. The summed E-state index contributed by atoms with van der Waals surface area (Å²) in [6.45, 7) is 3.68. The minimum Gasteiger partial charge on any atom is -0.300 e. The highest BCUT2D eigenvalue weighted by Crippen LogP contribution is 1.90. The van der Waals surface area contributed by atoms with Crippen LogP contribution in [0.3, 0.4) is 0 Å². The van der Waals surface area contributed by atoms with Crippen molar-refractivity contribution in [1.29, 1.82) is 0 Å². The third kappa shape index (κ3) is 3.45. The molecule has 4 nitrogen and oxygen atoms in total. The van der Waals surface area contributed by atoms with E-state index in [1.54, 1.807) is 6.92 Å². The highest BCUT2D eigenvalue weighted by Gasteiger charge is 2.14. The quantitative estimate of drug-likeness (QED) is 0.552. The lowest BCUT2D eigenvalue weighted by Gasteiger charge is -2.06. The van der Waals surface area contributed by atoms with Crippen molar-refractivity contribution >= 4 is 10.1 Å². The summed E-state index contributed by atoms with van der Waals surface area (Å²) >= 11 is 0. The van der Waals surface area contributed by atoms with Crippen molar-refractivity contribution in [3.8, 4) is 0 Å². The van der Waals surface area contributed by atoms with Crippen LogP contribution in [-0.2, 0) is 10.1 Å². The van der Waals surface area contributed by atoms with E-state index in [0.717, 1.165) is 0 Å². The van der Waals surface area contributed by atoms with Gasteiger partial charge in [-0.1, -0.05) is 6.92 Å². The zero-order chi connectivity index (χ0) is 7.49. The molecule has 0 rings (SSSR count). The fourth-order valence-corrected chi connectivity index (χ4v) is 0.770. The molecule has 0 fully saturated rings. The third-order valence-corrected chi connectivity index (χ3v) is 2.00. The van der Waals surface area contributed by atoms with Crippen molar-refractivity contribution in [1.82, 2.24) is 5.32 Å². The van der Waals surface area contributed by atoms with Gasteiger partial charge in [-0.15, -0.1) is 0 Å². The third-order valence-electron chi connectivity index (χ3n) is 0.938. The molecular formula is C4H11NO3S. The van der Waals surface area contributed by atoms with Crippen LogP contribution in [0.2, 0.25) is 0 Å². The Morgan fingerprint density at radius 3 is 2.22 bits per heavy atom. The fraction of sp³-hybridized carbons (Fsp3) is 1.00. The first kappa shape index (κ1) is 8.87. The summed E-state index contributed by atoms with van der Waals surface area (Å²) in [7, 11) is -3.88. The average molecular weight is 153 g/mol. The Bertz CT molecular complexity index is 163. The Morgan fingerprint density at radius 1 is 1.67 bits per heavy atom. The lowest BCUT2D eigenvalue weighted by molar-refractivity contribution is 0.458. The number of hydrogen-bond donors (Lipinski definition) is 2. The Kier molecular flexibility index (Phi) is 3.10. The Morgan fingerprint density at radius 2 is 2.11 bits per heavy atom. The van der Waals surface area contributed by atoms with E-state index < -0.39 is 15.5 Å². The number of rotatable bonds is 3. The van der Waals surface area contributed by atoms with Crippen molar-refractivity contribution in [3.63, 3.8) is 0 Å². The standard InChI is InChI=1S/C4H11NO3S/c1-3-5-4(2)9(6,7)8/h4-5H,3H2,1-2H3,(H,6,7,8). The molecule has 5 heteroatoms. The molecule has 0 aromatic heterocycles. The van der Waals surface area contributed by atoms with E-state index in [0.29, 0.717) is 6.54 Å². The molecule has 56 valence electrons. The molecule has 1 unspecified atom stereocenters. The zero-order valence-corrected chi connectivity index (χ0v) is 6.27. The highest BCUT2D eigenvalue weighted by atomic mass is 32.2. The molecule has 2 N–H and O–H groups in total. The van der Waals surface area contributed by atoms with Crippen LogP contribution in [0.25, 0.3) is 0 Å². The maximum absolute atomic E-state index is 10.2. The normalized spacial score (nSPS) is 15.4. The molecular weight excluding hydrogens is 142 g/mol. The summed E-state index contributed by atoms with van der Waals surface area (Å²) in [4.78, 5) is 0. The van der Waals surface area contributed by atoms with Gasteiger partial charge >= 0.3 is 0 Å². The van der Waals surface area contributed by atoms with Crippen LogP contribution < -0.4 is 5.32 Å². The molecule has 0 heterocycles. The van der Waals surface area contributed by atoms with Crippen molar-refractivity contribution < 1.29 is 13.0 Å². The molecule has 9 heavy (non-hydrogen) atoms. The second kappa shape index (κ2) is 3.14. The first-order valence-electron chi connectivity index (χ1n) is 2.68. The number of hydrogen-bond acceptors (Lipinski definition) is 3. The van der Waals surface area contributed by atoms with Gasteiger partial charge in [0, 0.05) is 0 Å². The van der Waals surface area contributed by atoms with Gasteiger partial charge < -0.3 is 0 Å². The van der Waals surface area contributed by atoms with Gasteiger partial charge in [-0.05, 0) is 13.5 Å². The summed E-state index contributed by atoms with van der Waals surface area (Å²) in [5.41, 5.74) is 0. The molecule has 0 bridgehead atoms. The summed E-state index contributed by atoms with van der Waals surface area (Å²) in [6.07, 6.45) is 0. The molecule has 0 amide bonds. The molecule has 0 aliphatic heterocycles. The Labute approximate surface area is 55.0 Å². The van der Waals surface area contributed by atoms with Gasteiger partial charge in [-0.25, -0.2) is 0 Å². The molecule has 0 radical (unpaired) electrons. The van der Waals surface area contributed by atoms with Gasteiger partial charge in [-0.3, -0.25) is 9.87 Å². The molecule has 0 spiro atoms. The minimum atomic E-state index is -3.88. The second-order valence-electron chi connectivity index (χ2n) is 1.71. The monoisotopic (exact) mass is 153 g/mol. The minimum absolute atomic E-state index is 0.529. The van der Waals surface area contributed by atoms with Crippen molar-refractivity contribution in [2.75, 3.05) is 6.54 Å². The van der Waals surface area contributed by atoms with E-state index in [2.05, 4.69) is 5.32 Å². The predicted molar refractivity (Wildman–Crippen MR) is 34.7 cm³/mol. The van der Waals surface area contributed by atoms with Crippen LogP contribution in [0.5, 0.6) is 0 Å². The smallest absolute Gasteiger partial charge is 0.280 e. The van der Waals surface area contributed by atoms with E-state index in [1.807, 2.05) is 0 Å². The summed E-state index contributed by atoms with van der Waals surface area (Å²) in [5, 5.41) is 1.69. The van der Waals surface area contributed by atoms with Crippen LogP contribution in [0.1, 0.15) is 13.8 Å². The van der Waals surface area contributed by atoms with Gasteiger partial charge in [0.1, 0.15) is 5.37 Å². The van der Waals surface area contributed by atoms with Crippen LogP contribution in [0.4, 0.5) is 0 Å². The molecule has 1 atom stereocenters. The second-order valence-corrected chi connectivity index (χ2v) is 3.45. The lowest BCUT2D eigenvalue weighted by Crippen LogP contribution is -2.33. The topological polar surface area (TPSA) is 66.4 Å². The zero-order valence-electron chi connectivity index (χ0n) is 5.46. The highest BCUT2D eigenvalue weighted by molar-refractivity contribution is 7.86. The predicted octanol–water partition coefficient (Wildman–Crippen LogP) is -0.170. The van der Waals surface area contributed by atoms with E-state index >= 15 is 0 Å². The van der Waals surface area contributed by atoms with Gasteiger partial charge in [-0.2, -0.15) is 8.42 Å². The fourth-order valence-electron chi connectivity index (χ4n) is 0.393. The van der Waals surface area contributed by atoms with Gasteiger partial charge in [0.15, 0.2) is 0 Å². The van der Waals surface area contributed by atoms with E-state index in [1.165, 1.54) is 6.92 Å². The van der Waals surface area contributed by atoms with Crippen LogP contribution in [-0.4, -0.2) is 24.9 Å². The average Bonchev–Trinajstić information content (AvgIpc) is 1.64. The Balaban J connectivity index is 3.90. The van der Waals surface area contributed by atoms with Crippen LogP contribution in [0, 0.1) is 0 Å². The maximum atomic E-state index is 10.2. The van der Waals surface area contributed by atoms with Crippen LogP contribution in [0.15, 0.2) is 0 Å². The maximum Gasteiger partial charge on any atom is 0.280 e. The van der Waals surface area contributed by atoms with Crippen molar-refractivity contribution in [2.24, 2.45) is 0 Å². The van der Waals surface area contributed by atoms with Crippen LogP contribution >= 0.6 is 0 Å². The molecule has 0 saturated carbocycles. The molecule has 0 aliphatic carbocycles. The van der Waals surface area contributed by atoms with E-state index in [4.69, 9.17) is 4.55 Å². The number of nitrogens with one attached hydrogen (secondary N) is 1. The largest absolute Gasteiger partial charge is 0.300 e. The van der Waals surface area contributed by atoms with E-state index in [9.17, 15) is 8.42 Å².